The first kappa shape index (κ1) is 16.9. The summed E-state index contributed by atoms with van der Waals surface area (Å²) in [6, 6.07) is 3.62. The Morgan fingerprint density at radius 3 is 2.38 bits per heavy atom. The minimum atomic E-state index is -0.984. The van der Waals surface area contributed by atoms with Crippen LogP contribution in [0.25, 0.3) is 0 Å². The van der Waals surface area contributed by atoms with Gasteiger partial charge in [0, 0.05) is 18.5 Å². The molecule has 0 aromatic carbocycles. The Balaban J connectivity index is 2.70. The van der Waals surface area contributed by atoms with E-state index in [1.807, 2.05) is 6.07 Å². The number of rotatable bonds is 6. The molecule has 1 aromatic rings. The normalized spacial score (nSPS) is 11.0. The molecule has 0 atom stereocenters. The van der Waals surface area contributed by atoms with Gasteiger partial charge < -0.3 is 15.3 Å². The Morgan fingerprint density at radius 2 is 1.95 bits per heavy atom. The van der Waals surface area contributed by atoms with Gasteiger partial charge in [-0.25, -0.2) is 4.98 Å². The molecule has 0 aliphatic carbocycles. The first-order valence-electron chi connectivity index (χ1n) is 6.99. The number of nitrogens with zero attached hydrogens (tertiary/aromatic N) is 2. The molecule has 116 valence electrons. The van der Waals surface area contributed by atoms with Gasteiger partial charge in [0.1, 0.15) is 5.82 Å². The summed E-state index contributed by atoms with van der Waals surface area (Å²) in [6.07, 6.45) is 1.37. The van der Waals surface area contributed by atoms with E-state index in [1.165, 1.54) is 0 Å². The van der Waals surface area contributed by atoms with Gasteiger partial charge in [-0.15, -0.1) is 0 Å². The number of aliphatic carboxylic acids is 1. The zero-order valence-electron chi connectivity index (χ0n) is 13.0. The molecule has 0 spiro atoms. The van der Waals surface area contributed by atoms with Crippen molar-refractivity contribution in [2.75, 3.05) is 16.8 Å². The number of anilines is 2. The summed E-state index contributed by atoms with van der Waals surface area (Å²) in [5, 5.41) is 11.2. The molecular formula is C15H23N3O3. The Bertz CT molecular complexity index is 492. The number of carboxylic acid groups (broad SMARTS) is 1. The molecule has 6 nitrogen and oxygen atoms in total. The van der Waals surface area contributed by atoms with Crippen LogP contribution in [0.1, 0.15) is 40.5 Å². The smallest absolute Gasteiger partial charge is 0.303 e. The summed E-state index contributed by atoms with van der Waals surface area (Å²) >= 11 is 0. The fourth-order valence-electron chi connectivity index (χ4n) is 2.04. The number of pyridine rings is 1. The maximum absolute atomic E-state index is 11.5. The van der Waals surface area contributed by atoms with E-state index in [2.05, 4.69) is 42.9 Å². The average molecular weight is 293 g/mol. The van der Waals surface area contributed by atoms with Crippen LogP contribution in [0.15, 0.2) is 18.3 Å². The second-order valence-corrected chi connectivity index (χ2v) is 5.76. The second-order valence-electron chi connectivity index (χ2n) is 5.76. The fourth-order valence-corrected chi connectivity index (χ4v) is 2.04. The molecule has 1 amide bonds. The molecule has 0 fully saturated rings. The van der Waals surface area contributed by atoms with Gasteiger partial charge in [-0.1, -0.05) is 0 Å². The van der Waals surface area contributed by atoms with Gasteiger partial charge in [0.05, 0.1) is 18.3 Å². The van der Waals surface area contributed by atoms with Crippen molar-refractivity contribution in [2.45, 2.75) is 46.1 Å². The second kappa shape index (κ2) is 7.06. The molecule has 0 bridgehead atoms. The number of hydrogen-bond donors (Lipinski definition) is 2. The van der Waals surface area contributed by atoms with E-state index in [9.17, 15) is 9.59 Å². The number of carbonyl (C=O) groups excluding carboxylic acids is 1. The van der Waals surface area contributed by atoms with Gasteiger partial charge in [-0.05, 0) is 39.8 Å². The Kier molecular flexibility index (Phi) is 5.69. The van der Waals surface area contributed by atoms with Crippen LogP contribution in [0.5, 0.6) is 0 Å². The highest BCUT2D eigenvalue weighted by atomic mass is 16.4. The molecule has 0 saturated carbocycles. The minimum Gasteiger partial charge on any atom is -0.481 e. The van der Waals surface area contributed by atoms with Crippen molar-refractivity contribution in [1.29, 1.82) is 0 Å². The van der Waals surface area contributed by atoms with Gasteiger partial charge in [0.15, 0.2) is 0 Å². The average Bonchev–Trinajstić information content (AvgIpc) is 2.37. The SMILES string of the molecule is CCN(c1ccc(NC(=O)CCC(=O)O)cn1)C(C)(C)C. The standard InChI is InChI=1S/C15H23N3O3/c1-5-18(15(2,3)4)12-7-6-11(10-16-12)17-13(19)8-9-14(20)21/h6-7,10H,5,8-9H2,1-4H3,(H,17,19)(H,20,21). The van der Waals surface area contributed by atoms with E-state index < -0.39 is 5.97 Å². The summed E-state index contributed by atoms with van der Waals surface area (Å²) in [5.41, 5.74) is 0.535. The van der Waals surface area contributed by atoms with Crippen LogP contribution in [-0.4, -0.2) is 34.1 Å². The third kappa shape index (κ3) is 5.41. The minimum absolute atomic E-state index is 0.0337. The molecule has 0 radical (unpaired) electrons. The lowest BCUT2D eigenvalue weighted by Crippen LogP contribution is -2.41. The van der Waals surface area contributed by atoms with E-state index in [0.29, 0.717) is 5.69 Å². The number of carbonyl (C=O) groups is 2. The molecule has 0 unspecified atom stereocenters. The third-order valence-corrected chi connectivity index (χ3v) is 3.00. The maximum Gasteiger partial charge on any atom is 0.303 e. The number of carboxylic acids is 1. The van der Waals surface area contributed by atoms with Crippen molar-refractivity contribution in [3.05, 3.63) is 18.3 Å². The van der Waals surface area contributed by atoms with E-state index in [0.717, 1.165) is 12.4 Å². The summed E-state index contributed by atoms with van der Waals surface area (Å²) in [5.74, 6) is -0.467. The number of nitrogens with one attached hydrogen (secondary N) is 1. The quantitative estimate of drug-likeness (QED) is 0.842. The van der Waals surface area contributed by atoms with Crippen LogP contribution >= 0.6 is 0 Å². The molecule has 6 heteroatoms. The zero-order chi connectivity index (χ0) is 16.0. The fraction of sp³-hybridized carbons (Fsp3) is 0.533. The lowest BCUT2D eigenvalue weighted by atomic mass is 10.1. The molecule has 0 aliphatic heterocycles. The van der Waals surface area contributed by atoms with E-state index in [-0.39, 0.29) is 24.3 Å². The van der Waals surface area contributed by atoms with Crippen LogP contribution in [0.4, 0.5) is 11.5 Å². The summed E-state index contributed by atoms with van der Waals surface area (Å²) in [6.45, 7) is 9.23. The number of aromatic nitrogens is 1. The number of hydrogen-bond acceptors (Lipinski definition) is 4. The van der Waals surface area contributed by atoms with Crippen LogP contribution in [0.2, 0.25) is 0 Å². The monoisotopic (exact) mass is 293 g/mol. The van der Waals surface area contributed by atoms with Crippen LogP contribution in [0, 0.1) is 0 Å². The lowest BCUT2D eigenvalue weighted by Gasteiger charge is -2.35. The van der Waals surface area contributed by atoms with Crippen molar-refractivity contribution >= 4 is 23.4 Å². The topological polar surface area (TPSA) is 82.5 Å². The highest BCUT2D eigenvalue weighted by molar-refractivity contribution is 5.92. The molecule has 1 rings (SSSR count). The predicted octanol–water partition coefficient (Wildman–Crippen LogP) is 2.51. The highest BCUT2D eigenvalue weighted by Crippen LogP contribution is 2.22. The first-order chi connectivity index (χ1) is 9.74. The first-order valence-corrected chi connectivity index (χ1v) is 6.99. The van der Waals surface area contributed by atoms with Gasteiger partial charge in [-0.3, -0.25) is 9.59 Å². The Hall–Kier alpha value is -2.11. The van der Waals surface area contributed by atoms with E-state index in [1.54, 1.807) is 12.3 Å². The number of amides is 1. The highest BCUT2D eigenvalue weighted by Gasteiger charge is 2.20. The van der Waals surface area contributed by atoms with Crippen molar-refractivity contribution in [2.24, 2.45) is 0 Å². The Labute approximate surface area is 125 Å². The lowest BCUT2D eigenvalue weighted by molar-refractivity contribution is -0.138. The summed E-state index contributed by atoms with van der Waals surface area (Å²) in [7, 11) is 0. The van der Waals surface area contributed by atoms with Crippen molar-refractivity contribution in [3.8, 4) is 0 Å². The van der Waals surface area contributed by atoms with Crippen molar-refractivity contribution in [1.82, 2.24) is 4.98 Å². The largest absolute Gasteiger partial charge is 0.481 e. The van der Waals surface area contributed by atoms with Crippen molar-refractivity contribution < 1.29 is 14.7 Å². The molecule has 0 aliphatic rings. The van der Waals surface area contributed by atoms with Crippen LogP contribution in [0.3, 0.4) is 0 Å². The van der Waals surface area contributed by atoms with Crippen LogP contribution < -0.4 is 10.2 Å². The third-order valence-electron chi connectivity index (χ3n) is 3.00. The van der Waals surface area contributed by atoms with Gasteiger partial charge in [0.25, 0.3) is 0 Å². The van der Waals surface area contributed by atoms with E-state index >= 15 is 0 Å². The molecule has 21 heavy (non-hydrogen) atoms. The molecule has 0 saturated heterocycles. The summed E-state index contributed by atoms with van der Waals surface area (Å²) in [4.78, 5) is 28.5. The predicted molar refractivity (Wildman–Crippen MR) is 82.5 cm³/mol. The summed E-state index contributed by atoms with van der Waals surface area (Å²) < 4.78 is 0. The van der Waals surface area contributed by atoms with Gasteiger partial charge >= 0.3 is 5.97 Å². The van der Waals surface area contributed by atoms with Gasteiger partial charge in [-0.2, -0.15) is 0 Å². The maximum atomic E-state index is 11.5. The molecular weight excluding hydrogens is 270 g/mol. The van der Waals surface area contributed by atoms with Crippen LogP contribution in [-0.2, 0) is 9.59 Å². The molecule has 1 aromatic heterocycles. The Morgan fingerprint density at radius 1 is 1.29 bits per heavy atom. The molecule has 1 heterocycles. The van der Waals surface area contributed by atoms with Gasteiger partial charge in [0.2, 0.25) is 5.91 Å². The molecule has 2 N–H and O–H groups in total. The zero-order valence-corrected chi connectivity index (χ0v) is 13.0. The van der Waals surface area contributed by atoms with Crippen molar-refractivity contribution in [3.63, 3.8) is 0 Å². The van der Waals surface area contributed by atoms with E-state index in [4.69, 9.17) is 5.11 Å².